The highest BCUT2D eigenvalue weighted by Crippen LogP contribution is 2.07. The smallest absolute Gasteiger partial charge is 0.344 e. The van der Waals surface area contributed by atoms with Gasteiger partial charge in [0.1, 0.15) is 6.04 Å². The normalized spacial score (nSPS) is 16.9. The third-order valence-electron chi connectivity index (χ3n) is 2.17. The number of carbonyl (C=O) groups is 2. The van der Waals surface area contributed by atoms with Crippen LogP contribution in [0.15, 0.2) is 0 Å². The molecule has 14 heavy (non-hydrogen) atoms. The summed E-state index contributed by atoms with van der Waals surface area (Å²) in [6, 6.07) is -0.748. The second kappa shape index (κ2) is 5.59. The van der Waals surface area contributed by atoms with Crippen LogP contribution in [0.1, 0.15) is 27.2 Å². The summed E-state index contributed by atoms with van der Waals surface area (Å²) in [5, 5.41) is 8.49. The standard InChI is InChI=1S/C9H17NO4/c1-4-5(2)7(10)9(13)14-6(3)8(11)12/h5-7H,4,10H2,1-3H3,(H,11,12)/t5-,6?,7-/m0/s1. The maximum Gasteiger partial charge on any atom is 0.344 e. The van der Waals surface area contributed by atoms with Crippen LogP contribution in [-0.4, -0.2) is 29.2 Å². The highest BCUT2D eigenvalue weighted by molar-refractivity contribution is 5.80. The molecule has 0 aliphatic rings. The first-order valence-corrected chi connectivity index (χ1v) is 4.59. The molecule has 0 bridgehead atoms. The summed E-state index contributed by atoms with van der Waals surface area (Å²) in [7, 11) is 0. The summed E-state index contributed by atoms with van der Waals surface area (Å²) in [6.07, 6.45) is -0.393. The average Bonchev–Trinajstić information content (AvgIpc) is 2.14. The monoisotopic (exact) mass is 203 g/mol. The van der Waals surface area contributed by atoms with Gasteiger partial charge in [0.25, 0.3) is 0 Å². The van der Waals surface area contributed by atoms with Crippen molar-refractivity contribution >= 4 is 11.9 Å². The molecule has 0 saturated carbocycles. The molecule has 0 rings (SSSR count). The van der Waals surface area contributed by atoms with Crippen LogP contribution in [-0.2, 0) is 14.3 Å². The Kier molecular flexibility index (Phi) is 5.15. The van der Waals surface area contributed by atoms with Gasteiger partial charge in [0.05, 0.1) is 0 Å². The second-order valence-electron chi connectivity index (χ2n) is 3.33. The molecule has 3 atom stereocenters. The summed E-state index contributed by atoms with van der Waals surface area (Å²) in [5.74, 6) is -1.84. The van der Waals surface area contributed by atoms with E-state index in [4.69, 9.17) is 10.8 Å². The molecule has 5 heteroatoms. The maximum absolute atomic E-state index is 11.2. The first-order valence-electron chi connectivity index (χ1n) is 4.59. The number of ether oxygens (including phenoxy) is 1. The fourth-order valence-corrected chi connectivity index (χ4v) is 0.789. The van der Waals surface area contributed by atoms with Crippen LogP contribution in [0.2, 0.25) is 0 Å². The lowest BCUT2D eigenvalue weighted by molar-refractivity contribution is -0.164. The number of carboxylic acids is 1. The Labute approximate surface area is 83.2 Å². The predicted octanol–water partition coefficient (Wildman–Crippen LogP) is 0.376. The van der Waals surface area contributed by atoms with Crippen molar-refractivity contribution in [2.75, 3.05) is 0 Å². The number of hydrogen-bond donors (Lipinski definition) is 2. The molecule has 0 aromatic rings. The first-order chi connectivity index (χ1) is 6.40. The van der Waals surface area contributed by atoms with Crippen molar-refractivity contribution < 1.29 is 19.4 Å². The lowest BCUT2D eigenvalue weighted by atomic mass is 10.0. The molecule has 1 unspecified atom stereocenters. The minimum absolute atomic E-state index is 0.0107. The molecule has 0 fully saturated rings. The Bertz CT molecular complexity index is 217. The van der Waals surface area contributed by atoms with E-state index < -0.39 is 24.1 Å². The van der Waals surface area contributed by atoms with Gasteiger partial charge in [-0.1, -0.05) is 20.3 Å². The Morgan fingerprint density at radius 1 is 1.43 bits per heavy atom. The molecule has 0 radical (unpaired) electrons. The molecule has 0 saturated heterocycles. The third kappa shape index (κ3) is 3.74. The number of carboxylic acid groups (broad SMARTS) is 1. The van der Waals surface area contributed by atoms with Crippen LogP contribution in [0.4, 0.5) is 0 Å². The lowest BCUT2D eigenvalue weighted by Gasteiger charge is -2.18. The zero-order valence-electron chi connectivity index (χ0n) is 8.69. The summed E-state index contributed by atoms with van der Waals surface area (Å²) in [5.41, 5.74) is 5.55. The van der Waals surface area contributed by atoms with Crippen LogP contribution in [0.3, 0.4) is 0 Å². The molecule has 0 aliphatic heterocycles. The van der Waals surface area contributed by atoms with Gasteiger partial charge in [0.2, 0.25) is 0 Å². The lowest BCUT2D eigenvalue weighted by Crippen LogP contribution is -2.40. The van der Waals surface area contributed by atoms with Gasteiger partial charge in [0, 0.05) is 0 Å². The van der Waals surface area contributed by atoms with Crippen LogP contribution in [0.5, 0.6) is 0 Å². The van der Waals surface area contributed by atoms with Crippen molar-refractivity contribution in [2.45, 2.75) is 39.3 Å². The van der Waals surface area contributed by atoms with Crippen molar-refractivity contribution in [3.63, 3.8) is 0 Å². The Morgan fingerprint density at radius 3 is 2.29 bits per heavy atom. The topological polar surface area (TPSA) is 89.6 Å². The van der Waals surface area contributed by atoms with Crippen molar-refractivity contribution in [3.8, 4) is 0 Å². The highest BCUT2D eigenvalue weighted by atomic mass is 16.6. The minimum Gasteiger partial charge on any atom is -0.479 e. The van der Waals surface area contributed by atoms with Gasteiger partial charge in [0.15, 0.2) is 6.10 Å². The molecule has 0 spiro atoms. The number of nitrogens with two attached hydrogens (primary N) is 1. The highest BCUT2D eigenvalue weighted by Gasteiger charge is 2.24. The van der Waals surface area contributed by atoms with Crippen LogP contribution in [0, 0.1) is 5.92 Å². The Morgan fingerprint density at radius 2 is 1.93 bits per heavy atom. The van der Waals surface area contributed by atoms with Gasteiger partial charge in [-0.3, -0.25) is 4.79 Å². The summed E-state index contributed by atoms with van der Waals surface area (Å²) in [6.45, 7) is 5.01. The van der Waals surface area contributed by atoms with Crippen LogP contribution < -0.4 is 5.73 Å². The van der Waals surface area contributed by atoms with E-state index in [2.05, 4.69) is 4.74 Å². The molecule has 82 valence electrons. The van der Waals surface area contributed by atoms with Crippen molar-refractivity contribution in [1.29, 1.82) is 0 Å². The fraction of sp³-hybridized carbons (Fsp3) is 0.778. The van der Waals surface area contributed by atoms with Gasteiger partial charge >= 0.3 is 11.9 Å². The maximum atomic E-state index is 11.2. The zero-order chi connectivity index (χ0) is 11.3. The van der Waals surface area contributed by atoms with E-state index in [1.54, 1.807) is 0 Å². The van der Waals surface area contributed by atoms with Gasteiger partial charge in [-0.15, -0.1) is 0 Å². The SMILES string of the molecule is CC[C@H](C)[C@H](N)C(=O)OC(C)C(=O)O. The van der Waals surface area contributed by atoms with E-state index in [9.17, 15) is 9.59 Å². The molecule has 0 aromatic heterocycles. The molecule has 0 aromatic carbocycles. The minimum atomic E-state index is -1.17. The molecule has 0 aliphatic carbocycles. The molecular formula is C9H17NO4. The van der Waals surface area contributed by atoms with Gasteiger partial charge in [-0.2, -0.15) is 0 Å². The summed E-state index contributed by atoms with van der Waals surface area (Å²) >= 11 is 0. The van der Waals surface area contributed by atoms with Crippen LogP contribution in [0.25, 0.3) is 0 Å². The largest absolute Gasteiger partial charge is 0.479 e. The number of carbonyl (C=O) groups excluding carboxylic acids is 1. The molecule has 3 N–H and O–H groups in total. The Hall–Kier alpha value is -1.10. The van der Waals surface area contributed by atoms with Gasteiger partial charge in [-0.05, 0) is 12.8 Å². The van der Waals surface area contributed by atoms with Gasteiger partial charge < -0.3 is 15.6 Å². The average molecular weight is 203 g/mol. The van der Waals surface area contributed by atoms with E-state index in [0.717, 1.165) is 6.42 Å². The van der Waals surface area contributed by atoms with E-state index in [-0.39, 0.29) is 5.92 Å². The number of esters is 1. The molecule has 5 nitrogen and oxygen atoms in total. The summed E-state index contributed by atoms with van der Waals surface area (Å²) in [4.78, 5) is 21.6. The van der Waals surface area contributed by atoms with E-state index >= 15 is 0 Å². The Balaban J connectivity index is 4.14. The van der Waals surface area contributed by atoms with Crippen molar-refractivity contribution in [2.24, 2.45) is 11.7 Å². The van der Waals surface area contributed by atoms with Crippen molar-refractivity contribution in [1.82, 2.24) is 0 Å². The van der Waals surface area contributed by atoms with Crippen LogP contribution >= 0.6 is 0 Å². The van der Waals surface area contributed by atoms with E-state index in [0.29, 0.717) is 0 Å². The number of hydrogen-bond acceptors (Lipinski definition) is 4. The summed E-state index contributed by atoms with van der Waals surface area (Å²) < 4.78 is 4.63. The van der Waals surface area contributed by atoms with E-state index in [1.165, 1.54) is 6.92 Å². The fourth-order valence-electron chi connectivity index (χ4n) is 0.789. The van der Waals surface area contributed by atoms with E-state index in [1.807, 2.05) is 13.8 Å². The zero-order valence-corrected chi connectivity index (χ0v) is 8.69. The quantitative estimate of drug-likeness (QED) is 0.630. The number of rotatable bonds is 5. The number of aliphatic carboxylic acids is 1. The van der Waals surface area contributed by atoms with Gasteiger partial charge in [-0.25, -0.2) is 4.79 Å². The van der Waals surface area contributed by atoms with Crippen molar-refractivity contribution in [3.05, 3.63) is 0 Å². The predicted molar refractivity (Wildman–Crippen MR) is 50.6 cm³/mol. The second-order valence-corrected chi connectivity index (χ2v) is 3.33. The first kappa shape index (κ1) is 12.9. The third-order valence-corrected chi connectivity index (χ3v) is 2.17. The molecule has 0 amide bonds. The molecular weight excluding hydrogens is 186 g/mol. The molecule has 0 heterocycles.